The third-order valence-corrected chi connectivity index (χ3v) is 5.46. The number of carbonyl (C=O) groups is 1. The van der Waals surface area contributed by atoms with Crippen molar-refractivity contribution in [3.8, 4) is 0 Å². The molecule has 154 valence electrons. The highest BCUT2D eigenvalue weighted by Gasteiger charge is 2.16. The highest BCUT2D eigenvalue weighted by molar-refractivity contribution is 6.02. The molecule has 0 bridgehead atoms. The predicted octanol–water partition coefficient (Wildman–Crippen LogP) is 4.16. The quantitative estimate of drug-likeness (QED) is 0.481. The average Bonchev–Trinajstić information content (AvgIpc) is 3.44. The molecule has 5 aromatic rings. The second kappa shape index (κ2) is 7.28. The summed E-state index contributed by atoms with van der Waals surface area (Å²) in [4.78, 5) is 30.0. The van der Waals surface area contributed by atoms with Crippen molar-refractivity contribution in [1.29, 1.82) is 0 Å². The molecule has 5 rings (SSSR count). The molecule has 0 spiro atoms. The van der Waals surface area contributed by atoms with Crippen LogP contribution in [-0.4, -0.2) is 19.9 Å². The number of pyridine rings is 1. The summed E-state index contributed by atoms with van der Waals surface area (Å²) < 4.78 is 9.16. The summed E-state index contributed by atoms with van der Waals surface area (Å²) >= 11 is 0. The largest absolute Gasteiger partial charge is 0.454 e. The van der Waals surface area contributed by atoms with E-state index in [-0.39, 0.29) is 23.8 Å². The number of fused-ring (bicyclic) bond motifs is 3. The average molecular weight is 412 g/mol. The van der Waals surface area contributed by atoms with Gasteiger partial charge in [-0.1, -0.05) is 6.07 Å². The molecule has 0 atom stereocenters. The monoisotopic (exact) mass is 412 g/mol. The van der Waals surface area contributed by atoms with E-state index in [1.165, 1.54) is 0 Å². The number of rotatable bonds is 4. The van der Waals surface area contributed by atoms with Gasteiger partial charge in [0.05, 0.1) is 12.1 Å². The van der Waals surface area contributed by atoms with Crippen molar-refractivity contribution in [3.05, 3.63) is 100.0 Å². The molecule has 0 radical (unpaired) electrons. The number of benzene rings is 1. The zero-order chi connectivity index (χ0) is 21.5. The number of hydrogen-bond donors (Lipinski definition) is 1. The Bertz CT molecular complexity index is 1510. The van der Waals surface area contributed by atoms with E-state index in [0.717, 1.165) is 16.6 Å². The van der Waals surface area contributed by atoms with Gasteiger partial charge < -0.3 is 14.1 Å². The van der Waals surface area contributed by atoms with E-state index in [1.807, 2.05) is 60.8 Å². The zero-order valence-corrected chi connectivity index (χ0v) is 17.1. The topological polar surface area (TPSA) is 81.5 Å². The van der Waals surface area contributed by atoms with Crippen molar-refractivity contribution < 1.29 is 9.21 Å². The van der Waals surface area contributed by atoms with Crippen LogP contribution in [0.4, 0.5) is 5.69 Å². The van der Waals surface area contributed by atoms with Crippen molar-refractivity contribution in [2.75, 3.05) is 5.32 Å². The number of nitrogens with zero attached hydrogens (tertiary/aromatic N) is 3. The predicted molar refractivity (Wildman–Crippen MR) is 119 cm³/mol. The summed E-state index contributed by atoms with van der Waals surface area (Å²) in [6.07, 6.45) is 3.49. The normalized spacial score (nSPS) is 11.3. The third-order valence-electron chi connectivity index (χ3n) is 5.46. The van der Waals surface area contributed by atoms with Gasteiger partial charge in [0.2, 0.25) is 0 Å². The van der Waals surface area contributed by atoms with Gasteiger partial charge in [-0.25, -0.2) is 4.98 Å². The SMILES string of the molecule is Cc1ccc(NC(=O)c2ccc(Cn3c(=O)c4cccn4c4cccnc43)o2)cc1C. The van der Waals surface area contributed by atoms with Crippen LogP contribution in [0.15, 0.2) is 76.2 Å². The molecule has 0 aliphatic rings. The summed E-state index contributed by atoms with van der Waals surface area (Å²) in [7, 11) is 0. The molecule has 0 unspecified atom stereocenters. The summed E-state index contributed by atoms with van der Waals surface area (Å²) in [5.41, 5.74) is 4.71. The molecule has 0 saturated heterocycles. The minimum absolute atomic E-state index is 0.172. The van der Waals surface area contributed by atoms with Crippen LogP contribution >= 0.6 is 0 Å². The minimum atomic E-state index is -0.341. The molecule has 0 saturated carbocycles. The van der Waals surface area contributed by atoms with Gasteiger partial charge in [0, 0.05) is 18.1 Å². The molecule has 0 aliphatic carbocycles. The maximum atomic E-state index is 13.0. The van der Waals surface area contributed by atoms with E-state index < -0.39 is 0 Å². The smallest absolute Gasteiger partial charge is 0.291 e. The van der Waals surface area contributed by atoms with Crippen LogP contribution in [0.5, 0.6) is 0 Å². The summed E-state index contributed by atoms with van der Waals surface area (Å²) in [5, 5.41) is 2.85. The Morgan fingerprint density at radius 1 is 1.03 bits per heavy atom. The van der Waals surface area contributed by atoms with Crippen LogP contribution < -0.4 is 10.9 Å². The Morgan fingerprint density at radius 3 is 2.71 bits per heavy atom. The van der Waals surface area contributed by atoms with Gasteiger partial charge in [-0.05, 0) is 73.5 Å². The molecule has 0 fully saturated rings. The number of aryl methyl sites for hydroxylation is 2. The maximum absolute atomic E-state index is 13.0. The van der Waals surface area contributed by atoms with Crippen molar-refractivity contribution in [3.63, 3.8) is 0 Å². The van der Waals surface area contributed by atoms with E-state index in [0.29, 0.717) is 22.6 Å². The van der Waals surface area contributed by atoms with Crippen LogP contribution in [0.1, 0.15) is 27.4 Å². The summed E-state index contributed by atoms with van der Waals surface area (Å²) in [6.45, 7) is 4.18. The van der Waals surface area contributed by atoms with Crippen molar-refractivity contribution >= 4 is 28.3 Å². The Kier molecular flexibility index (Phi) is 4.43. The Morgan fingerprint density at radius 2 is 1.87 bits per heavy atom. The van der Waals surface area contributed by atoms with E-state index in [4.69, 9.17) is 4.42 Å². The van der Waals surface area contributed by atoms with E-state index in [9.17, 15) is 9.59 Å². The molecule has 1 aromatic carbocycles. The number of furan rings is 1. The first-order valence-corrected chi connectivity index (χ1v) is 9.93. The van der Waals surface area contributed by atoms with Crippen LogP contribution in [0.3, 0.4) is 0 Å². The Hall–Kier alpha value is -4.13. The molecule has 7 nitrogen and oxygen atoms in total. The van der Waals surface area contributed by atoms with Crippen molar-refractivity contribution in [1.82, 2.24) is 14.0 Å². The van der Waals surface area contributed by atoms with Crippen LogP contribution in [0.25, 0.3) is 16.7 Å². The van der Waals surface area contributed by atoms with E-state index in [1.54, 1.807) is 29.0 Å². The lowest BCUT2D eigenvalue weighted by molar-refractivity contribution is 0.0995. The first-order valence-electron chi connectivity index (χ1n) is 9.93. The summed E-state index contributed by atoms with van der Waals surface area (Å²) in [6, 6.07) is 16.4. The summed E-state index contributed by atoms with van der Waals surface area (Å²) in [5.74, 6) is 0.337. The molecular formula is C24H20N4O3. The Balaban J connectivity index is 1.46. The number of carbonyl (C=O) groups excluding carboxylic acids is 1. The number of anilines is 1. The second-order valence-corrected chi connectivity index (χ2v) is 7.52. The number of nitrogens with one attached hydrogen (secondary N) is 1. The van der Waals surface area contributed by atoms with Gasteiger partial charge in [0.25, 0.3) is 11.5 Å². The second-order valence-electron chi connectivity index (χ2n) is 7.52. The third kappa shape index (κ3) is 3.30. The molecule has 1 amide bonds. The van der Waals surface area contributed by atoms with Gasteiger partial charge in [-0.3, -0.25) is 14.2 Å². The van der Waals surface area contributed by atoms with Crippen LogP contribution in [0.2, 0.25) is 0 Å². The van der Waals surface area contributed by atoms with E-state index in [2.05, 4.69) is 10.3 Å². The number of hydrogen-bond acceptors (Lipinski definition) is 4. The highest BCUT2D eigenvalue weighted by atomic mass is 16.4. The fourth-order valence-electron chi connectivity index (χ4n) is 3.68. The van der Waals surface area contributed by atoms with Gasteiger partial charge in [0.1, 0.15) is 11.3 Å². The molecular weight excluding hydrogens is 392 g/mol. The molecule has 31 heavy (non-hydrogen) atoms. The lowest BCUT2D eigenvalue weighted by Gasteiger charge is -2.10. The number of amides is 1. The standard InChI is InChI=1S/C24H20N4O3/c1-15-7-8-17(13-16(15)2)26-23(29)21-10-9-18(31-21)14-28-22-19(5-3-11-25-22)27-12-4-6-20(27)24(28)30/h3-13H,14H2,1-2H3,(H,26,29). The van der Waals surface area contributed by atoms with Crippen LogP contribution in [-0.2, 0) is 6.54 Å². The molecule has 0 aliphatic heterocycles. The molecule has 1 N–H and O–H groups in total. The fraction of sp³-hybridized carbons (Fsp3) is 0.125. The molecule has 7 heteroatoms. The van der Waals surface area contributed by atoms with Gasteiger partial charge in [-0.2, -0.15) is 0 Å². The first-order chi connectivity index (χ1) is 15.0. The first kappa shape index (κ1) is 18.9. The minimum Gasteiger partial charge on any atom is -0.454 e. The fourth-order valence-corrected chi connectivity index (χ4v) is 3.68. The zero-order valence-electron chi connectivity index (χ0n) is 17.1. The Labute approximate surface area is 177 Å². The van der Waals surface area contributed by atoms with Gasteiger partial charge in [0.15, 0.2) is 11.4 Å². The lowest BCUT2D eigenvalue weighted by Crippen LogP contribution is -2.23. The van der Waals surface area contributed by atoms with Crippen molar-refractivity contribution in [2.24, 2.45) is 0 Å². The lowest BCUT2D eigenvalue weighted by atomic mass is 10.1. The van der Waals surface area contributed by atoms with Gasteiger partial charge >= 0.3 is 0 Å². The maximum Gasteiger partial charge on any atom is 0.291 e. The van der Waals surface area contributed by atoms with Gasteiger partial charge in [-0.15, -0.1) is 0 Å². The van der Waals surface area contributed by atoms with E-state index >= 15 is 0 Å². The highest BCUT2D eigenvalue weighted by Crippen LogP contribution is 2.18. The van der Waals surface area contributed by atoms with Crippen LogP contribution in [0, 0.1) is 13.8 Å². The molecule has 4 aromatic heterocycles. The molecule has 4 heterocycles. The number of aromatic nitrogens is 3. The van der Waals surface area contributed by atoms with Crippen molar-refractivity contribution in [2.45, 2.75) is 20.4 Å².